The molecule has 0 aliphatic heterocycles. The number of hydrogen-bond donors (Lipinski definition) is 0. The fourth-order valence-corrected chi connectivity index (χ4v) is 9.45. The maximum absolute atomic E-state index is 6.70. The van der Waals surface area contributed by atoms with Gasteiger partial charge in [-0.1, -0.05) is 115 Å². The Balaban J connectivity index is 1.14. The normalized spacial score (nSPS) is 11.8. The number of para-hydroxylation sites is 3. The summed E-state index contributed by atoms with van der Waals surface area (Å²) in [7, 11) is 0. The molecule has 272 valence electrons. The number of hydrogen-bond acceptors (Lipinski definition) is 7. The summed E-state index contributed by atoms with van der Waals surface area (Å²) in [6, 6.07) is 62.5. The Morgan fingerprint density at radius 3 is 1.79 bits per heavy atom. The highest BCUT2D eigenvalue weighted by atomic mass is 32.1. The van der Waals surface area contributed by atoms with Crippen molar-refractivity contribution in [3.63, 3.8) is 0 Å². The number of rotatable bonds is 6. The van der Waals surface area contributed by atoms with Crippen molar-refractivity contribution >= 4 is 92.4 Å². The molecule has 0 bridgehead atoms. The van der Waals surface area contributed by atoms with Gasteiger partial charge in [0.1, 0.15) is 22.3 Å². The van der Waals surface area contributed by atoms with Gasteiger partial charge in [0.05, 0.1) is 5.69 Å². The first-order valence-corrected chi connectivity index (χ1v) is 20.0. The lowest BCUT2D eigenvalue weighted by molar-refractivity contribution is 0.669. The molecule has 12 rings (SSSR count). The number of nitrogens with zero attached hydrogens (tertiary/aromatic N) is 4. The SMILES string of the molecule is c1ccc(-c2nc(-c3cc(N(c4ccccc4)c4ccc5c(c4)oc4ccccc45)cc4oc5ccccc5c34)nc(-c3cccc4sc5ccccc5c34)n2)cc1. The van der Waals surface area contributed by atoms with Gasteiger partial charge in [0.15, 0.2) is 17.5 Å². The largest absolute Gasteiger partial charge is 0.456 e. The molecule has 0 fully saturated rings. The number of thiophene rings is 1. The van der Waals surface area contributed by atoms with E-state index in [1.54, 1.807) is 11.3 Å². The quantitative estimate of drug-likeness (QED) is 0.168. The van der Waals surface area contributed by atoms with Crippen LogP contribution in [0.15, 0.2) is 191 Å². The van der Waals surface area contributed by atoms with E-state index in [0.29, 0.717) is 17.5 Å². The third-order valence-electron chi connectivity index (χ3n) is 10.9. The molecule has 0 spiro atoms. The van der Waals surface area contributed by atoms with E-state index in [1.165, 1.54) is 14.8 Å². The van der Waals surface area contributed by atoms with E-state index in [-0.39, 0.29) is 0 Å². The van der Waals surface area contributed by atoms with Gasteiger partial charge in [0.25, 0.3) is 0 Å². The molecule has 12 aromatic rings. The number of fused-ring (bicyclic) bond motifs is 9. The zero-order valence-electron chi connectivity index (χ0n) is 30.8. The van der Waals surface area contributed by atoms with Crippen molar-refractivity contribution in [2.24, 2.45) is 0 Å². The average molecular weight is 763 g/mol. The maximum Gasteiger partial charge on any atom is 0.164 e. The summed E-state index contributed by atoms with van der Waals surface area (Å²) >= 11 is 1.78. The summed E-state index contributed by atoms with van der Waals surface area (Å²) < 4.78 is 15.5. The van der Waals surface area contributed by atoms with Crippen LogP contribution in [0.4, 0.5) is 17.1 Å². The molecule has 0 amide bonds. The van der Waals surface area contributed by atoms with Crippen LogP contribution in [0.2, 0.25) is 0 Å². The summed E-state index contributed by atoms with van der Waals surface area (Å²) in [6.07, 6.45) is 0. The van der Waals surface area contributed by atoms with Crippen molar-refractivity contribution in [1.29, 1.82) is 0 Å². The van der Waals surface area contributed by atoms with E-state index in [1.807, 2.05) is 72.8 Å². The Morgan fingerprint density at radius 1 is 0.362 bits per heavy atom. The van der Waals surface area contributed by atoms with Gasteiger partial charge < -0.3 is 13.7 Å². The van der Waals surface area contributed by atoms with E-state index in [2.05, 4.69) is 114 Å². The lowest BCUT2D eigenvalue weighted by Gasteiger charge is -2.26. The number of benzene rings is 8. The van der Waals surface area contributed by atoms with Crippen molar-refractivity contribution < 1.29 is 8.83 Å². The van der Waals surface area contributed by atoms with Gasteiger partial charge in [-0.2, -0.15) is 0 Å². The van der Waals surface area contributed by atoms with Crippen molar-refractivity contribution in [2.75, 3.05) is 4.90 Å². The molecule has 0 N–H and O–H groups in total. The van der Waals surface area contributed by atoms with Crippen molar-refractivity contribution in [1.82, 2.24) is 15.0 Å². The minimum Gasteiger partial charge on any atom is -0.456 e. The topological polar surface area (TPSA) is 68.2 Å². The van der Waals surface area contributed by atoms with Crippen LogP contribution in [0.1, 0.15) is 0 Å². The predicted molar refractivity (Wildman–Crippen MR) is 238 cm³/mol. The standard InChI is InChI=1S/C51H30N4O2S/c1-3-14-31(15-4-1)49-52-50(39-21-13-25-46-48(39)38-20-9-12-24-45(38)58-46)54-51(53-49)40-28-34(30-44-47(40)37-19-8-11-23-42(37)57-44)55(32-16-5-2-6-17-32)33-26-27-36-35-18-7-10-22-41(35)56-43(36)29-33/h1-30H. The first kappa shape index (κ1) is 32.6. The molecule has 0 saturated carbocycles. The van der Waals surface area contributed by atoms with Crippen LogP contribution in [0.3, 0.4) is 0 Å². The summed E-state index contributed by atoms with van der Waals surface area (Å²) in [5.74, 6) is 1.76. The van der Waals surface area contributed by atoms with Crippen LogP contribution in [-0.2, 0) is 0 Å². The van der Waals surface area contributed by atoms with Crippen LogP contribution in [0.25, 0.3) is 98.2 Å². The molecule has 4 heterocycles. The van der Waals surface area contributed by atoms with Crippen molar-refractivity contribution in [2.45, 2.75) is 0 Å². The van der Waals surface area contributed by atoms with E-state index < -0.39 is 0 Å². The summed E-state index contributed by atoms with van der Waals surface area (Å²) in [5.41, 5.74) is 8.71. The number of aromatic nitrogens is 3. The third kappa shape index (κ3) is 5.21. The number of furan rings is 2. The van der Waals surface area contributed by atoms with E-state index in [0.717, 1.165) is 83.0 Å². The Morgan fingerprint density at radius 2 is 0.966 bits per heavy atom. The number of anilines is 3. The second-order valence-electron chi connectivity index (χ2n) is 14.4. The van der Waals surface area contributed by atoms with Crippen LogP contribution >= 0.6 is 11.3 Å². The molecule has 58 heavy (non-hydrogen) atoms. The predicted octanol–water partition coefficient (Wildman–Crippen LogP) is 14.5. The van der Waals surface area contributed by atoms with Gasteiger partial charge in [-0.25, -0.2) is 15.0 Å². The highest BCUT2D eigenvalue weighted by Crippen LogP contribution is 2.45. The van der Waals surface area contributed by atoms with Crippen LogP contribution in [0.5, 0.6) is 0 Å². The summed E-state index contributed by atoms with van der Waals surface area (Å²) in [6.45, 7) is 0. The Kier molecular flexibility index (Phi) is 7.30. The van der Waals surface area contributed by atoms with E-state index >= 15 is 0 Å². The fourth-order valence-electron chi connectivity index (χ4n) is 8.32. The minimum atomic E-state index is 0.555. The molecule has 0 saturated heterocycles. The van der Waals surface area contributed by atoms with Crippen molar-refractivity contribution in [3.05, 3.63) is 182 Å². The van der Waals surface area contributed by atoms with Crippen LogP contribution in [-0.4, -0.2) is 15.0 Å². The van der Waals surface area contributed by atoms with Gasteiger partial charge in [-0.05, 0) is 54.6 Å². The molecule has 8 aromatic carbocycles. The molecular weight excluding hydrogens is 733 g/mol. The zero-order chi connectivity index (χ0) is 38.2. The zero-order valence-corrected chi connectivity index (χ0v) is 31.7. The van der Waals surface area contributed by atoms with Gasteiger partial charge >= 0.3 is 0 Å². The molecule has 0 unspecified atom stereocenters. The summed E-state index contributed by atoms with van der Waals surface area (Å²) in [4.78, 5) is 18.1. The highest BCUT2D eigenvalue weighted by Gasteiger charge is 2.24. The van der Waals surface area contributed by atoms with E-state index in [9.17, 15) is 0 Å². The molecule has 0 radical (unpaired) electrons. The Labute approximate surface area is 335 Å². The first-order valence-electron chi connectivity index (χ1n) is 19.2. The minimum absolute atomic E-state index is 0.555. The second-order valence-corrected chi connectivity index (χ2v) is 15.4. The highest BCUT2D eigenvalue weighted by molar-refractivity contribution is 7.25. The van der Waals surface area contributed by atoms with Crippen molar-refractivity contribution in [3.8, 4) is 34.2 Å². The second kappa shape index (κ2) is 13.0. The smallest absolute Gasteiger partial charge is 0.164 e. The van der Waals surface area contributed by atoms with Crippen LogP contribution < -0.4 is 4.90 Å². The van der Waals surface area contributed by atoms with Gasteiger partial charge in [0, 0.05) is 81.9 Å². The third-order valence-corrected chi connectivity index (χ3v) is 12.0. The lowest BCUT2D eigenvalue weighted by atomic mass is 10.0. The monoisotopic (exact) mass is 762 g/mol. The lowest BCUT2D eigenvalue weighted by Crippen LogP contribution is -2.10. The molecule has 6 nitrogen and oxygen atoms in total. The van der Waals surface area contributed by atoms with Crippen LogP contribution in [0, 0.1) is 0 Å². The van der Waals surface area contributed by atoms with Gasteiger partial charge in [0.2, 0.25) is 0 Å². The molecule has 4 aromatic heterocycles. The first-order chi connectivity index (χ1) is 28.7. The molecule has 0 aliphatic rings. The Bertz CT molecular complexity index is 3530. The van der Waals surface area contributed by atoms with E-state index in [4.69, 9.17) is 23.8 Å². The average Bonchev–Trinajstić information content (AvgIpc) is 3.98. The fraction of sp³-hybridized carbons (Fsp3) is 0. The van der Waals surface area contributed by atoms with Gasteiger partial charge in [-0.3, -0.25) is 0 Å². The maximum atomic E-state index is 6.70. The van der Waals surface area contributed by atoms with Gasteiger partial charge in [-0.15, -0.1) is 11.3 Å². The molecule has 7 heteroatoms. The molecule has 0 atom stereocenters. The summed E-state index contributed by atoms with van der Waals surface area (Å²) in [5, 5.41) is 6.42. The molecule has 0 aliphatic carbocycles. The molecular formula is C51H30N4O2S. The Hall–Kier alpha value is -7.61.